The van der Waals surface area contributed by atoms with Crippen LogP contribution < -0.4 is 4.74 Å². The standard InChI is InChI=1S/C21H27NO7/c1-21(2)16-8-7-14(20(24)25)12-15(16)19-17(23)10-13(11-18(19)29-21)6-4-3-5-9-28-22(26)27/h10-12,15-16,23H,3-9H2,1-2H3,(H,24,25)/t15-,16-/m0/s1. The normalized spacial score (nSPS) is 21.9. The summed E-state index contributed by atoms with van der Waals surface area (Å²) in [6, 6.07) is 3.64. The molecule has 0 saturated heterocycles. The summed E-state index contributed by atoms with van der Waals surface area (Å²) >= 11 is 0. The first-order valence-electron chi connectivity index (χ1n) is 9.95. The molecule has 29 heavy (non-hydrogen) atoms. The average Bonchev–Trinajstić information content (AvgIpc) is 2.63. The molecule has 1 aromatic rings. The molecule has 0 spiro atoms. The maximum atomic E-state index is 11.5. The number of aryl methyl sites for hydroxylation is 1. The van der Waals surface area contributed by atoms with Gasteiger partial charge in [0, 0.05) is 23.0 Å². The summed E-state index contributed by atoms with van der Waals surface area (Å²) in [5.74, 6) is -0.279. The van der Waals surface area contributed by atoms with Gasteiger partial charge in [0.25, 0.3) is 5.09 Å². The van der Waals surface area contributed by atoms with Gasteiger partial charge >= 0.3 is 5.97 Å². The van der Waals surface area contributed by atoms with E-state index in [0.717, 1.165) is 18.4 Å². The Balaban J connectivity index is 1.77. The molecule has 0 radical (unpaired) electrons. The molecule has 8 nitrogen and oxygen atoms in total. The smallest absolute Gasteiger partial charge is 0.331 e. The largest absolute Gasteiger partial charge is 0.507 e. The number of ether oxygens (including phenoxy) is 1. The number of carbonyl (C=O) groups is 1. The van der Waals surface area contributed by atoms with Crippen molar-refractivity contribution < 1.29 is 29.7 Å². The Labute approximate surface area is 169 Å². The lowest BCUT2D eigenvalue weighted by Crippen LogP contribution is -2.45. The summed E-state index contributed by atoms with van der Waals surface area (Å²) in [6.45, 7) is 4.10. The van der Waals surface area contributed by atoms with Crippen molar-refractivity contribution in [3.05, 3.63) is 45.0 Å². The number of nitrogens with zero attached hydrogens (tertiary/aromatic N) is 1. The molecule has 2 atom stereocenters. The third-order valence-corrected chi connectivity index (χ3v) is 5.90. The lowest BCUT2D eigenvalue weighted by Gasteiger charge is -2.46. The first-order valence-corrected chi connectivity index (χ1v) is 9.95. The number of carboxylic acid groups (broad SMARTS) is 1. The first kappa shape index (κ1) is 21.0. The molecule has 1 aliphatic carbocycles. The van der Waals surface area contributed by atoms with Crippen molar-refractivity contribution in [3.8, 4) is 11.5 Å². The maximum absolute atomic E-state index is 11.5. The highest BCUT2D eigenvalue weighted by atomic mass is 16.9. The van der Waals surface area contributed by atoms with Crippen LogP contribution in [0.3, 0.4) is 0 Å². The molecule has 3 rings (SSSR count). The zero-order valence-electron chi connectivity index (χ0n) is 16.7. The van der Waals surface area contributed by atoms with E-state index in [1.54, 1.807) is 12.1 Å². The number of benzene rings is 1. The second-order valence-corrected chi connectivity index (χ2v) is 8.27. The SMILES string of the molecule is CC1(C)Oc2cc(CCCCCO[N+](=O)[O-])cc(O)c2[C@H]2C=C(C(=O)O)CC[C@@H]21. The Kier molecular flexibility index (Phi) is 6.00. The average molecular weight is 405 g/mol. The molecule has 0 unspecified atom stereocenters. The van der Waals surface area contributed by atoms with Crippen molar-refractivity contribution in [3.63, 3.8) is 0 Å². The van der Waals surface area contributed by atoms with Gasteiger partial charge in [-0.15, -0.1) is 10.1 Å². The minimum absolute atomic E-state index is 0.0844. The number of allylic oxidation sites excluding steroid dienone is 1. The van der Waals surface area contributed by atoms with Crippen molar-refractivity contribution in [1.82, 2.24) is 0 Å². The fourth-order valence-electron chi connectivity index (χ4n) is 4.49. The minimum atomic E-state index is -0.911. The van der Waals surface area contributed by atoms with E-state index < -0.39 is 16.7 Å². The Morgan fingerprint density at radius 2 is 2.10 bits per heavy atom. The van der Waals surface area contributed by atoms with Crippen LogP contribution in [0.5, 0.6) is 11.5 Å². The zero-order chi connectivity index (χ0) is 21.2. The van der Waals surface area contributed by atoms with Crippen molar-refractivity contribution in [1.29, 1.82) is 0 Å². The van der Waals surface area contributed by atoms with Crippen LogP contribution in [-0.4, -0.2) is 33.5 Å². The molecule has 2 aliphatic rings. The van der Waals surface area contributed by atoms with Crippen LogP contribution in [0.2, 0.25) is 0 Å². The molecule has 0 bridgehead atoms. The highest BCUT2D eigenvalue weighted by molar-refractivity contribution is 5.87. The summed E-state index contributed by atoms with van der Waals surface area (Å²) in [5, 5.41) is 29.5. The number of phenolic OH excluding ortho intramolecular Hbond substituents is 1. The van der Waals surface area contributed by atoms with Crippen molar-refractivity contribution in [2.75, 3.05) is 6.61 Å². The lowest BCUT2D eigenvalue weighted by atomic mass is 9.67. The zero-order valence-corrected chi connectivity index (χ0v) is 16.7. The number of hydrogen-bond acceptors (Lipinski definition) is 6. The number of carboxylic acids is 1. The van der Waals surface area contributed by atoms with E-state index in [-0.39, 0.29) is 24.2 Å². The monoisotopic (exact) mass is 405 g/mol. The lowest BCUT2D eigenvalue weighted by molar-refractivity contribution is -0.757. The molecule has 0 aromatic heterocycles. The molecule has 158 valence electrons. The fraction of sp³-hybridized carbons (Fsp3) is 0.571. The Hall–Kier alpha value is -2.77. The molecule has 0 fully saturated rings. The van der Waals surface area contributed by atoms with E-state index in [1.807, 2.05) is 19.9 Å². The molecule has 8 heteroatoms. The second kappa shape index (κ2) is 8.31. The molecule has 1 heterocycles. The number of unbranched alkanes of at least 4 members (excludes halogenated alkanes) is 2. The summed E-state index contributed by atoms with van der Waals surface area (Å²) in [4.78, 5) is 25.9. The molecular formula is C21H27NO7. The van der Waals surface area contributed by atoms with Crippen LogP contribution in [0.1, 0.15) is 63.0 Å². The number of aromatic hydroxyl groups is 1. The van der Waals surface area contributed by atoms with Gasteiger partial charge in [0.05, 0.1) is 6.61 Å². The van der Waals surface area contributed by atoms with Crippen LogP contribution in [0.15, 0.2) is 23.8 Å². The number of phenols is 1. The van der Waals surface area contributed by atoms with E-state index in [9.17, 15) is 25.1 Å². The quantitative estimate of drug-likeness (QED) is 0.381. The van der Waals surface area contributed by atoms with Crippen LogP contribution in [0.4, 0.5) is 0 Å². The topological polar surface area (TPSA) is 119 Å². The van der Waals surface area contributed by atoms with Gasteiger partial charge in [-0.05, 0) is 63.6 Å². The Morgan fingerprint density at radius 3 is 2.79 bits per heavy atom. The van der Waals surface area contributed by atoms with Gasteiger partial charge < -0.3 is 19.8 Å². The van der Waals surface area contributed by atoms with Gasteiger partial charge in [0.15, 0.2) is 0 Å². The van der Waals surface area contributed by atoms with Crippen LogP contribution in [-0.2, 0) is 16.1 Å². The van der Waals surface area contributed by atoms with Crippen molar-refractivity contribution >= 4 is 5.97 Å². The van der Waals surface area contributed by atoms with Gasteiger partial charge in [0.1, 0.15) is 17.1 Å². The highest BCUT2D eigenvalue weighted by Gasteiger charge is 2.46. The van der Waals surface area contributed by atoms with E-state index in [0.29, 0.717) is 42.6 Å². The third kappa shape index (κ3) is 4.63. The van der Waals surface area contributed by atoms with Crippen LogP contribution in [0.25, 0.3) is 0 Å². The van der Waals surface area contributed by atoms with Gasteiger partial charge in [0.2, 0.25) is 0 Å². The van der Waals surface area contributed by atoms with E-state index in [4.69, 9.17) is 4.74 Å². The third-order valence-electron chi connectivity index (χ3n) is 5.90. The molecule has 1 aromatic carbocycles. The first-order chi connectivity index (χ1) is 13.7. The summed E-state index contributed by atoms with van der Waals surface area (Å²) in [5.41, 5.74) is 1.50. The number of fused-ring (bicyclic) bond motifs is 3. The summed E-state index contributed by atoms with van der Waals surface area (Å²) in [7, 11) is 0. The Bertz CT molecular complexity index is 831. The van der Waals surface area contributed by atoms with E-state index in [1.165, 1.54) is 0 Å². The minimum Gasteiger partial charge on any atom is -0.507 e. The highest BCUT2D eigenvalue weighted by Crippen LogP contribution is 2.53. The Morgan fingerprint density at radius 1 is 1.34 bits per heavy atom. The van der Waals surface area contributed by atoms with Gasteiger partial charge in [-0.25, -0.2) is 4.79 Å². The van der Waals surface area contributed by atoms with Crippen molar-refractivity contribution in [2.45, 2.75) is 63.9 Å². The fourth-order valence-corrected chi connectivity index (χ4v) is 4.49. The molecular weight excluding hydrogens is 378 g/mol. The number of rotatable bonds is 8. The van der Waals surface area contributed by atoms with Crippen molar-refractivity contribution in [2.24, 2.45) is 5.92 Å². The van der Waals surface area contributed by atoms with Gasteiger partial charge in [-0.2, -0.15) is 0 Å². The van der Waals surface area contributed by atoms with E-state index >= 15 is 0 Å². The predicted octanol–water partition coefficient (Wildman–Crippen LogP) is 3.99. The number of aliphatic carboxylic acids is 1. The predicted molar refractivity (Wildman–Crippen MR) is 104 cm³/mol. The summed E-state index contributed by atoms with van der Waals surface area (Å²) < 4.78 is 6.25. The molecule has 0 saturated carbocycles. The molecule has 2 N–H and O–H groups in total. The maximum Gasteiger partial charge on any atom is 0.331 e. The summed E-state index contributed by atoms with van der Waals surface area (Å²) in [6.07, 6.45) is 5.83. The van der Waals surface area contributed by atoms with E-state index in [2.05, 4.69) is 4.84 Å². The van der Waals surface area contributed by atoms with Gasteiger partial charge in [-0.1, -0.05) is 12.5 Å². The molecule has 0 amide bonds. The van der Waals surface area contributed by atoms with Crippen LogP contribution >= 0.6 is 0 Å². The second-order valence-electron chi connectivity index (χ2n) is 8.27. The molecule has 1 aliphatic heterocycles. The number of hydrogen-bond donors (Lipinski definition) is 2. The van der Waals surface area contributed by atoms with Crippen LogP contribution in [0, 0.1) is 16.0 Å². The van der Waals surface area contributed by atoms with Gasteiger partial charge in [-0.3, -0.25) is 0 Å².